The van der Waals surface area contributed by atoms with Crippen molar-refractivity contribution < 1.29 is 4.74 Å². The van der Waals surface area contributed by atoms with E-state index in [2.05, 4.69) is 26.1 Å². The molecule has 0 radical (unpaired) electrons. The Hall–Kier alpha value is -0.450. The summed E-state index contributed by atoms with van der Waals surface area (Å²) in [4.78, 5) is 6.06. The molecule has 1 atom stereocenters. The number of nitrogens with zero attached hydrogens (tertiary/aromatic N) is 1. The highest BCUT2D eigenvalue weighted by Gasteiger charge is 2.18. The van der Waals surface area contributed by atoms with E-state index in [9.17, 15) is 0 Å². The Morgan fingerprint density at radius 3 is 2.56 bits per heavy atom. The van der Waals surface area contributed by atoms with Crippen LogP contribution in [-0.2, 0) is 11.3 Å². The van der Waals surface area contributed by atoms with Crippen LogP contribution in [0.4, 0.5) is 0 Å². The Balaban J connectivity index is 3.00. The van der Waals surface area contributed by atoms with Gasteiger partial charge in [0.05, 0.1) is 5.69 Å². The third-order valence-corrected chi connectivity index (χ3v) is 3.72. The number of methoxy groups -OCH3 is 1. The van der Waals surface area contributed by atoms with Gasteiger partial charge in [-0.1, -0.05) is 20.8 Å². The zero-order valence-electron chi connectivity index (χ0n) is 10.8. The van der Waals surface area contributed by atoms with Crippen molar-refractivity contribution in [1.29, 1.82) is 0 Å². The zero-order chi connectivity index (χ0) is 12.1. The van der Waals surface area contributed by atoms with Gasteiger partial charge in [-0.3, -0.25) is 0 Å². The van der Waals surface area contributed by atoms with Gasteiger partial charge in [-0.2, -0.15) is 0 Å². The van der Waals surface area contributed by atoms with Crippen LogP contribution in [0.25, 0.3) is 0 Å². The van der Waals surface area contributed by atoms with Crippen molar-refractivity contribution >= 4 is 11.3 Å². The van der Waals surface area contributed by atoms with Crippen molar-refractivity contribution in [1.82, 2.24) is 10.3 Å². The van der Waals surface area contributed by atoms with Crippen LogP contribution in [0.15, 0.2) is 0 Å². The molecule has 3 nitrogen and oxygen atoms in total. The Morgan fingerprint density at radius 2 is 2.12 bits per heavy atom. The number of nitrogens with one attached hydrogen (secondary N) is 1. The highest BCUT2D eigenvalue weighted by Crippen LogP contribution is 2.31. The molecule has 0 aliphatic carbocycles. The highest BCUT2D eigenvalue weighted by atomic mass is 32.1. The van der Waals surface area contributed by atoms with Crippen molar-refractivity contribution in [2.24, 2.45) is 0 Å². The molecular formula is C12H22N2OS. The summed E-state index contributed by atoms with van der Waals surface area (Å²) >= 11 is 1.77. The first-order valence-electron chi connectivity index (χ1n) is 5.80. The molecule has 16 heavy (non-hydrogen) atoms. The molecule has 0 saturated carbocycles. The second-order valence-corrected chi connectivity index (χ2v) is 5.29. The number of ether oxygens (including phenoxy) is 1. The zero-order valence-corrected chi connectivity index (χ0v) is 11.6. The van der Waals surface area contributed by atoms with E-state index in [4.69, 9.17) is 9.72 Å². The molecule has 1 heterocycles. The van der Waals surface area contributed by atoms with Gasteiger partial charge in [-0.25, -0.2) is 4.98 Å². The Morgan fingerprint density at radius 1 is 1.44 bits per heavy atom. The standard InChI is InChI=1S/C12H22N2OS/c1-6-9(15-5)12-14-11(8(2)3)10(16-12)7-13-4/h8-9,13H,6-7H2,1-5H3. The molecule has 0 aliphatic heterocycles. The van der Waals surface area contributed by atoms with E-state index < -0.39 is 0 Å². The van der Waals surface area contributed by atoms with Crippen molar-refractivity contribution in [3.8, 4) is 0 Å². The maximum Gasteiger partial charge on any atom is 0.122 e. The number of thiazole rings is 1. The number of hydrogen-bond acceptors (Lipinski definition) is 4. The van der Waals surface area contributed by atoms with Crippen molar-refractivity contribution in [3.63, 3.8) is 0 Å². The minimum Gasteiger partial charge on any atom is -0.374 e. The molecule has 1 aromatic rings. The van der Waals surface area contributed by atoms with Crippen LogP contribution < -0.4 is 5.32 Å². The van der Waals surface area contributed by atoms with Gasteiger partial charge in [0.15, 0.2) is 0 Å². The minimum atomic E-state index is 0.146. The lowest BCUT2D eigenvalue weighted by Gasteiger charge is -2.08. The summed E-state index contributed by atoms with van der Waals surface area (Å²) in [7, 11) is 3.72. The highest BCUT2D eigenvalue weighted by molar-refractivity contribution is 7.11. The van der Waals surface area contributed by atoms with Gasteiger partial charge in [0.1, 0.15) is 11.1 Å². The van der Waals surface area contributed by atoms with Crippen molar-refractivity contribution in [3.05, 3.63) is 15.6 Å². The molecule has 0 fully saturated rings. The molecule has 0 saturated heterocycles. The fraction of sp³-hybridized carbons (Fsp3) is 0.750. The summed E-state index contributed by atoms with van der Waals surface area (Å²) in [6, 6.07) is 0. The van der Waals surface area contributed by atoms with E-state index in [1.807, 2.05) is 7.05 Å². The van der Waals surface area contributed by atoms with Gasteiger partial charge in [0.25, 0.3) is 0 Å². The average molecular weight is 242 g/mol. The van der Waals surface area contributed by atoms with Gasteiger partial charge in [-0.05, 0) is 19.4 Å². The van der Waals surface area contributed by atoms with E-state index >= 15 is 0 Å². The maximum absolute atomic E-state index is 5.44. The van der Waals surface area contributed by atoms with Crippen LogP contribution in [0, 0.1) is 0 Å². The molecule has 0 aromatic carbocycles. The predicted octanol–water partition coefficient (Wildman–Crippen LogP) is 3.08. The molecule has 0 aliphatic rings. The summed E-state index contributed by atoms with van der Waals surface area (Å²) in [5.74, 6) is 0.475. The average Bonchev–Trinajstić information content (AvgIpc) is 2.65. The second kappa shape index (κ2) is 6.33. The van der Waals surface area contributed by atoms with Crippen LogP contribution in [0.3, 0.4) is 0 Å². The Bertz CT molecular complexity index is 319. The normalized spacial score (nSPS) is 13.4. The topological polar surface area (TPSA) is 34.1 Å². The fourth-order valence-electron chi connectivity index (χ4n) is 1.70. The molecule has 1 rings (SSSR count). The predicted molar refractivity (Wildman–Crippen MR) is 69.0 cm³/mol. The van der Waals surface area contributed by atoms with Crippen LogP contribution >= 0.6 is 11.3 Å². The SMILES string of the molecule is CCC(OC)c1nc(C(C)C)c(CNC)s1. The summed E-state index contributed by atoms with van der Waals surface area (Å²) < 4.78 is 5.44. The minimum absolute atomic E-state index is 0.146. The third-order valence-electron chi connectivity index (χ3n) is 2.56. The number of aromatic nitrogens is 1. The first-order chi connectivity index (χ1) is 7.63. The molecule has 4 heteroatoms. The second-order valence-electron chi connectivity index (χ2n) is 4.18. The van der Waals surface area contributed by atoms with Gasteiger partial charge in [0.2, 0.25) is 0 Å². The first-order valence-corrected chi connectivity index (χ1v) is 6.62. The van der Waals surface area contributed by atoms with Crippen LogP contribution in [0.2, 0.25) is 0 Å². The third kappa shape index (κ3) is 3.03. The Kier molecular flexibility index (Phi) is 5.38. The van der Waals surface area contributed by atoms with Crippen LogP contribution in [-0.4, -0.2) is 19.1 Å². The summed E-state index contributed by atoms with van der Waals surface area (Å²) in [6.07, 6.45) is 1.12. The van der Waals surface area contributed by atoms with E-state index in [1.165, 1.54) is 10.6 Å². The largest absolute Gasteiger partial charge is 0.374 e. The van der Waals surface area contributed by atoms with Gasteiger partial charge in [-0.15, -0.1) is 11.3 Å². The maximum atomic E-state index is 5.44. The molecule has 1 aromatic heterocycles. The molecule has 92 valence electrons. The van der Waals surface area contributed by atoms with Gasteiger partial charge < -0.3 is 10.1 Å². The summed E-state index contributed by atoms with van der Waals surface area (Å²) in [6.45, 7) is 7.39. The lowest BCUT2D eigenvalue weighted by Crippen LogP contribution is -2.06. The molecule has 0 bridgehead atoms. The van der Waals surface area contributed by atoms with Crippen LogP contribution in [0.1, 0.15) is 54.8 Å². The van der Waals surface area contributed by atoms with E-state index in [0.717, 1.165) is 18.0 Å². The molecule has 1 unspecified atom stereocenters. The molecule has 0 amide bonds. The number of rotatable bonds is 6. The summed E-state index contributed by atoms with van der Waals surface area (Å²) in [5.41, 5.74) is 1.21. The van der Waals surface area contributed by atoms with E-state index in [1.54, 1.807) is 18.4 Å². The van der Waals surface area contributed by atoms with Crippen molar-refractivity contribution in [2.45, 2.75) is 45.8 Å². The fourth-order valence-corrected chi connectivity index (χ4v) is 3.09. The van der Waals surface area contributed by atoms with Gasteiger partial charge in [0, 0.05) is 18.5 Å². The molecule has 0 spiro atoms. The smallest absolute Gasteiger partial charge is 0.122 e. The van der Waals surface area contributed by atoms with Gasteiger partial charge >= 0.3 is 0 Å². The lowest BCUT2D eigenvalue weighted by atomic mass is 10.1. The van der Waals surface area contributed by atoms with E-state index in [-0.39, 0.29) is 6.10 Å². The van der Waals surface area contributed by atoms with Crippen molar-refractivity contribution in [2.75, 3.05) is 14.2 Å². The Labute approximate surface area is 102 Å². The first kappa shape index (κ1) is 13.6. The quantitative estimate of drug-likeness (QED) is 0.832. The van der Waals surface area contributed by atoms with E-state index in [0.29, 0.717) is 5.92 Å². The monoisotopic (exact) mass is 242 g/mol. The lowest BCUT2D eigenvalue weighted by molar-refractivity contribution is 0.0996. The number of hydrogen-bond donors (Lipinski definition) is 1. The molecular weight excluding hydrogens is 220 g/mol. The van der Waals surface area contributed by atoms with Crippen LogP contribution in [0.5, 0.6) is 0 Å². The summed E-state index contributed by atoms with van der Waals surface area (Å²) in [5, 5.41) is 4.31. The molecule has 1 N–H and O–H groups in total.